The second kappa shape index (κ2) is 5.74. The van der Waals surface area contributed by atoms with Gasteiger partial charge in [-0.1, -0.05) is 48.0 Å². The molecule has 0 aliphatic rings. The van der Waals surface area contributed by atoms with E-state index in [-0.39, 0.29) is 6.04 Å². The smallest absolute Gasteiger partial charge is 0.137 e. The van der Waals surface area contributed by atoms with Gasteiger partial charge in [-0.25, -0.2) is 0 Å². The lowest BCUT2D eigenvalue weighted by molar-refractivity contribution is 0.477. The zero-order valence-corrected chi connectivity index (χ0v) is 12.6. The monoisotopic (exact) mass is 279 g/mol. The number of benzene rings is 2. The van der Waals surface area contributed by atoms with Gasteiger partial charge in [0, 0.05) is 5.39 Å². The van der Waals surface area contributed by atoms with Gasteiger partial charge in [-0.3, -0.25) is 0 Å². The van der Waals surface area contributed by atoms with E-state index in [0.717, 1.165) is 35.1 Å². The molecular weight excluding hydrogens is 258 g/mol. The highest BCUT2D eigenvalue weighted by atomic mass is 16.3. The molecule has 2 nitrogen and oxygen atoms in total. The summed E-state index contributed by atoms with van der Waals surface area (Å²) in [7, 11) is 0. The van der Waals surface area contributed by atoms with Gasteiger partial charge in [0.15, 0.2) is 0 Å². The third-order valence-electron chi connectivity index (χ3n) is 3.99. The summed E-state index contributed by atoms with van der Waals surface area (Å²) in [5.41, 5.74) is 11.0. The van der Waals surface area contributed by atoms with Crippen molar-refractivity contribution < 1.29 is 4.42 Å². The Bertz CT molecular complexity index is 740. The van der Waals surface area contributed by atoms with Crippen LogP contribution in [0.2, 0.25) is 0 Å². The van der Waals surface area contributed by atoms with Crippen LogP contribution in [-0.2, 0) is 6.42 Å². The first-order valence-electron chi connectivity index (χ1n) is 7.43. The van der Waals surface area contributed by atoms with Crippen molar-refractivity contribution in [3.63, 3.8) is 0 Å². The van der Waals surface area contributed by atoms with Gasteiger partial charge in [-0.05, 0) is 43.9 Å². The molecule has 0 spiro atoms. The maximum absolute atomic E-state index is 6.29. The number of aryl methyl sites for hydroxylation is 3. The normalized spacial score (nSPS) is 12.7. The SMILES string of the molecule is Cc1ccc(CCC(N)c2cc3cccc(C)c3o2)cc1. The van der Waals surface area contributed by atoms with E-state index in [4.69, 9.17) is 10.2 Å². The Morgan fingerprint density at radius 2 is 1.81 bits per heavy atom. The van der Waals surface area contributed by atoms with Crippen molar-refractivity contribution in [1.29, 1.82) is 0 Å². The Labute approximate surface area is 125 Å². The van der Waals surface area contributed by atoms with Crippen LogP contribution in [0, 0.1) is 13.8 Å². The van der Waals surface area contributed by atoms with Gasteiger partial charge in [0.05, 0.1) is 6.04 Å². The molecule has 1 unspecified atom stereocenters. The zero-order chi connectivity index (χ0) is 14.8. The van der Waals surface area contributed by atoms with Crippen LogP contribution in [0.5, 0.6) is 0 Å². The van der Waals surface area contributed by atoms with Crippen LogP contribution in [-0.4, -0.2) is 0 Å². The number of hydrogen-bond acceptors (Lipinski definition) is 2. The van der Waals surface area contributed by atoms with E-state index in [2.05, 4.69) is 62.4 Å². The molecule has 0 saturated heterocycles. The Hall–Kier alpha value is -2.06. The molecular formula is C19H21NO. The third kappa shape index (κ3) is 3.01. The number of para-hydroxylation sites is 1. The van der Waals surface area contributed by atoms with E-state index in [1.54, 1.807) is 0 Å². The van der Waals surface area contributed by atoms with Crippen LogP contribution < -0.4 is 5.73 Å². The minimum absolute atomic E-state index is 0.0573. The molecule has 0 amide bonds. The second-order valence-electron chi connectivity index (χ2n) is 5.77. The molecule has 0 aliphatic heterocycles. The lowest BCUT2D eigenvalue weighted by Crippen LogP contribution is -2.10. The highest BCUT2D eigenvalue weighted by Crippen LogP contribution is 2.27. The van der Waals surface area contributed by atoms with Crippen molar-refractivity contribution in [2.24, 2.45) is 5.73 Å². The summed E-state index contributed by atoms with van der Waals surface area (Å²) >= 11 is 0. The molecule has 0 fully saturated rings. The molecule has 1 atom stereocenters. The van der Waals surface area contributed by atoms with Gasteiger partial charge in [-0.15, -0.1) is 0 Å². The molecule has 0 bridgehead atoms. The van der Waals surface area contributed by atoms with Crippen LogP contribution in [0.4, 0.5) is 0 Å². The first kappa shape index (κ1) is 13.9. The molecule has 2 aromatic carbocycles. The van der Waals surface area contributed by atoms with Crippen molar-refractivity contribution in [2.75, 3.05) is 0 Å². The van der Waals surface area contributed by atoms with Gasteiger partial charge < -0.3 is 10.2 Å². The Balaban J connectivity index is 1.73. The summed E-state index contributed by atoms with van der Waals surface area (Å²) in [5, 5.41) is 1.13. The van der Waals surface area contributed by atoms with E-state index in [9.17, 15) is 0 Å². The van der Waals surface area contributed by atoms with Gasteiger partial charge in [0.2, 0.25) is 0 Å². The highest BCUT2D eigenvalue weighted by Gasteiger charge is 2.13. The van der Waals surface area contributed by atoms with E-state index in [1.165, 1.54) is 11.1 Å². The van der Waals surface area contributed by atoms with Gasteiger partial charge in [0.1, 0.15) is 11.3 Å². The minimum atomic E-state index is -0.0573. The van der Waals surface area contributed by atoms with Gasteiger partial charge in [-0.2, -0.15) is 0 Å². The van der Waals surface area contributed by atoms with Crippen molar-refractivity contribution in [3.8, 4) is 0 Å². The highest BCUT2D eigenvalue weighted by molar-refractivity contribution is 5.80. The molecule has 21 heavy (non-hydrogen) atoms. The van der Waals surface area contributed by atoms with Crippen molar-refractivity contribution in [3.05, 3.63) is 71.0 Å². The van der Waals surface area contributed by atoms with Crippen LogP contribution in [0.1, 0.15) is 34.9 Å². The quantitative estimate of drug-likeness (QED) is 0.753. The number of hydrogen-bond donors (Lipinski definition) is 1. The maximum Gasteiger partial charge on any atom is 0.137 e. The van der Waals surface area contributed by atoms with Crippen LogP contribution >= 0.6 is 0 Å². The molecule has 0 radical (unpaired) electrons. The largest absolute Gasteiger partial charge is 0.459 e. The van der Waals surface area contributed by atoms with Crippen molar-refractivity contribution >= 4 is 11.0 Å². The predicted octanol–water partition coefficient (Wildman–Crippen LogP) is 4.68. The Morgan fingerprint density at radius 3 is 2.52 bits per heavy atom. The van der Waals surface area contributed by atoms with Crippen molar-refractivity contribution in [1.82, 2.24) is 0 Å². The van der Waals surface area contributed by atoms with E-state index < -0.39 is 0 Å². The van der Waals surface area contributed by atoms with Gasteiger partial charge >= 0.3 is 0 Å². The fourth-order valence-corrected chi connectivity index (χ4v) is 2.63. The maximum atomic E-state index is 6.29. The molecule has 3 aromatic rings. The first-order chi connectivity index (χ1) is 10.1. The standard InChI is InChI=1S/C19H21NO/c1-13-6-8-15(9-7-13)10-11-17(20)18-12-16-5-3-4-14(2)19(16)21-18/h3-9,12,17H,10-11,20H2,1-2H3. The van der Waals surface area contributed by atoms with Gasteiger partial charge in [0.25, 0.3) is 0 Å². The molecule has 1 heterocycles. The zero-order valence-electron chi connectivity index (χ0n) is 12.6. The van der Waals surface area contributed by atoms with E-state index in [1.807, 2.05) is 0 Å². The number of rotatable bonds is 4. The third-order valence-corrected chi connectivity index (χ3v) is 3.99. The molecule has 2 N–H and O–H groups in total. The first-order valence-corrected chi connectivity index (χ1v) is 7.43. The summed E-state index contributed by atoms with van der Waals surface area (Å²) in [6.45, 7) is 4.17. The number of nitrogens with two attached hydrogens (primary N) is 1. The van der Waals surface area contributed by atoms with Crippen molar-refractivity contribution in [2.45, 2.75) is 32.7 Å². The lowest BCUT2D eigenvalue weighted by Gasteiger charge is -2.08. The topological polar surface area (TPSA) is 39.2 Å². The molecule has 1 aromatic heterocycles. The lowest BCUT2D eigenvalue weighted by atomic mass is 10.0. The molecule has 3 rings (SSSR count). The minimum Gasteiger partial charge on any atom is -0.459 e. The number of furan rings is 1. The summed E-state index contributed by atoms with van der Waals surface area (Å²) in [5.74, 6) is 0.881. The van der Waals surface area contributed by atoms with E-state index in [0.29, 0.717) is 0 Å². The average Bonchev–Trinajstić information content (AvgIpc) is 2.92. The predicted molar refractivity (Wildman–Crippen MR) is 87.4 cm³/mol. The summed E-state index contributed by atoms with van der Waals surface area (Å²) < 4.78 is 5.94. The Kier molecular flexibility index (Phi) is 3.80. The van der Waals surface area contributed by atoms with Crippen LogP contribution in [0.3, 0.4) is 0 Å². The van der Waals surface area contributed by atoms with E-state index >= 15 is 0 Å². The summed E-state index contributed by atoms with van der Waals surface area (Å²) in [4.78, 5) is 0. The molecule has 0 saturated carbocycles. The molecule has 2 heteroatoms. The Morgan fingerprint density at radius 1 is 1.05 bits per heavy atom. The number of fused-ring (bicyclic) bond motifs is 1. The summed E-state index contributed by atoms with van der Waals surface area (Å²) in [6.07, 6.45) is 1.86. The fourth-order valence-electron chi connectivity index (χ4n) is 2.63. The van der Waals surface area contributed by atoms with Crippen LogP contribution in [0.25, 0.3) is 11.0 Å². The second-order valence-corrected chi connectivity index (χ2v) is 5.77. The molecule has 108 valence electrons. The fraction of sp³-hybridized carbons (Fsp3) is 0.263. The van der Waals surface area contributed by atoms with Crippen LogP contribution in [0.15, 0.2) is 52.9 Å². The summed E-state index contributed by atoms with van der Waals surface area (Å²) in [6, 6.07) is 16.8. The molecule has 0 aliphatic carbocycles. The average molecular weight is 279 g/mol.